The van der Waals surface area contributed by atoms with Gasteiger partial charge in [-0.25, -0.2) is 34.2 Å². The fourth-order valence-electron chi connectivity index (χ4n) is 7.40. The number of nitrogens with two attached hydrogens (primary N) is 1. The lowest BCUT2D eigenvalue weighted by Crippen LogP contribution is -2.50. The Morgan fingerprint density at radius 2 is 1.52 bits per heavy atom. The lowest BCUT2D eigenvalue weighted by atomic mass is 10.1. The third-order valence-corrected chi connectivity index (χ3v) is 24.8. The van der Waals surface area contributed by atoms with Gasteiger partial charge in [0, 0.05) is 6.54 Å². The molecule has 26 heteroatoms. The molecule has 8 rings (SSSR count). The van der Waals surface area contributed by atoms with Crippen molar-refractivity contribution in [1.82, 2.24) is 39.3 Å². The highest BCUT2D eigenvalue weighted by atomic mass is 32.7. The number of nitrogens with zero attached hydrogens (tertiary/aromatic N) is 8. The maximum absolute atomic E-state index is 14.7. The molecule has 20 nitrogen and oxygen atoms in total. The fourth-order valence-corrected chi connectivity index (χ4v) is 12.9. The van der Waals surface area contributed by atoms with Gasteiger partial charge in [-0.15, -0.1) is 0 Å². The molecule has 3 saturated heterocycles. The molecule has 4 aliphatic heterocycles. The molecule has 4 aromatic heterocycles. The number of thiol groups is 1. The fraction of sp³-hybridized carbons (Fsp3) is 0.714. The number of aromatic nitrogens is 8. The summed E-state index contributed by atoms with van der Waals surface area (Å²) >= 11 is 10.3. The van der Waals surface area contributed by atoms with E-state index in [1.165, 1.54) is 19.0 Å². The highest BCUT2D eigenvalue weighted by Crippen LogP contribution is 2.60. The van der Waals surface area contributed by atoms with Crippen molar-refractivity contribution in [2.75, 3.05) is 30.8 Å². The zero-order valence-corrected chi connectivity index (χ0v) is 41.4. The van der Waals surface area contributed by atoms with E-state index in [1.54, 1.807) is 9.25 Å². The Morgan fingerprint density at radius 1 is 0.885 bits per heavy atom. The Bertz CT molecular complexity index is 2400. The molecule has 61 heavy (non-hydrogen) atoms. The Labute approximate surface area is 366 Å². The first-order chi connectivity index (χ1) is 28.4. The Kier molecular flexibility index (Phi) is 12.1. The Hall–Kier alpha value is -2.00. The van der Waals surface area contributed by atoms with E-state index in [0.29, 0.717) is 29.0 Å². The van der Waals surface area contributed by atoms with Gasteiger partial charge in [-0.1, -0.05) is 53.8 Å². The third-order valence-electron chi connectivity index (χ3n) is 12.7. The molecule has 10 atom stereocenters. The molecule has 2 bridgehead atoms. The van der Waals surface area contributed by atoms with Crippen molar-refractivity contribution in [3.63, 3.8) is 0 Å². The second-order valence-corrected chi connectivity index (χ2v) is 34.1. The second kappa shape index (κ2) is 16.2. The van der Waals surface area contributed by atoms with Gasteiger partial charge in [-0.05, 0) is 60.9 Å². The molecule has 0 saturated carbocycles. The van der Waals surface area contributed by atoms with Crippen molar-refractivity contribution < 1.29 is 45.9 Å². The minimum absolute atomic E-state index is 0.156. The molecule has 4 N–H and O–H groups in total. The van der Waals surface area contributed by atoms with Crippen LogP contribution in [0.15, 0.2) is 19.0 Å². The van der Waals surface area contributed by atoms with Crippen LogP contribution in [-0.4, -0.2) is 117 Å². The van der Waals surface area contributed by atoms with Crippen LogP contribution < -0.4 is 11.1 Å². The average molecular weight is 959 g/mol. The Morgan fingerprint density at radius 3 is 2.23 bits per heavy atom. The number of nitrogen functional groups attached to an aromatic ring is 1. The first-order valence-electron chi connectivity index (χ1n) is 20.2. The van der Waals surface area contributed by atoms with Crippen molar-refractivity contribution in [2.45, 2.75) is 140 Å². The lowest BCUT2D eigenvalue weighted by Gasteiger charge is -2.41. The van der Waals surface area contributed by atoms with E-state index in [-0.39, 0.29) is 22.5 Å². The molecular formula is C35H56N10O10P2S2Si2. The van der Waals surface area contributed by atoms with E-state index in [0.717, 1.165) is 24.0 Å². The van der Waals surface area contributed by atoms with Crippen LogP contribution in [-0.2, 0) is 59.2 Å². The smallest absolute Gasteiger partial charge is 0.386 e. The van der Waals surface area contributed by atoms with Crippen molar-refractivity contribution in [1.29, 1.82) is 0 Å². The van der Waals surface area contributed by atoms with Crippen LogP contribution >= 0.6 is 25.8 Å². The van der Waals surface area contributed by atoms with Gasteiger partial charge in [0.15, 0.2) is 46.2 Å². The first-order valence-corrected chi connectivity index (χ1v) is 31.3. The van der Waals surface area contributed by atoms with E-state index in [9.17, 15) is 9.46 Å². The molecule has 4 aliphatic rings. The minimum atomic E-state index is -4.34. The van der Waals surface area contributed by atoms with Crippen LogP contribution in [0.2, 0.25) is 36.3 Å². The summed E-state index contributed by atoms with van der Waals surface area (Å²) in [6.45, 7) is 12.5. The van der Waals surface area contributed by atoms with Gasteiger partial charge < -0.3 is 38.8 Å². The number of fused-ring (bicyclic) bond motifs is 4. The van der Waals surface area contributed by atoms with Gasteiger partial charge in [0.2, 0.25) is 0 Å². The summed E-state index contributed by atoms with van der Waals surface area (Å²) in [6.07, 6.45) is -2.41. The van der Waals surface area contributed by atoms with Gasteiger partial charge in [0.1, 0.15) is 60.6 Å². The summed E-state index contributed by atoms with van der Waals surface area (Å²) in [7, 11) is -5.28. The maximum atomic E-state index is 14.7. The van der Waals surface area contributed by atoms with Gasteiger partial charge in [-0.3, -0.25) is 18.1 Å². The Balaban J connectivity index is 1.20. The summed E-state index contributed by atoms with van der Waals surface area (Å²) in [5.41, 5.74) is 8.13. The summed E-state index contributed by atoms with van der Waals surface area (Å²) in [4.78, 5) is 34.1. The van der Waals surface area contributed by atoms with E-state index in [4.69, 9.17) is 59.1 Å². The molecule has 4 aromatic rings. The van der Waals surface area contributed by atoms with Gasteiger partial charge in [0.25, 0.3) is 0 Å². The summed E-state index contributed by atoms with van der Waals surface area (Å²) in [6, 6.07) is 0. The zero-order valence-electron chi connectivity index (χ0n) is 35.9. The predicted octanol–water partition coefficient (Wildman–Crippen LogP) is 6.25. The van der Waals surface area contributed by atoms with Crippen molar-refractivity contribution in [3.8, 4) is 0 Å². The number of aryl methyl sites for hydroxylation is 1. The molecule has 0 amide bonds. The quantitative estimate of drug-likeness (QED) is 0.0949. The standard InChI is InChI=1S/C35H56N10O10P2S2Si2/c1-34(2,3)60(7,8)54-25-21-15-49-56(46,58)52-24-20(14-48-57(47,59)53-26(25)32(50-21)44-18-42-23-28(36)38-16-41-31(23)44)51-33(27(24)55-61(9,10)35(4,5)6)45-30-22-19(43-45)12-11-13-37-29(22)39-17-40-30/h16-18,20-21,24-27,32-33H,11-15H2,1-10H3,(H,46,58)(H,47,59)(H2,36,38,41)(H,37,39,40)/t20-,21-,24-,25-,26-,27-,32-,33-,56?,57?/m1/s1. The maximum Gasteiger partial charge on any atom is 0.386 e. The number of imidazole rings is 1. The van der Waals surface area contributed by atoms with Crippen LogP contribution in [0.3, 0.4) is 0 Å². The van der Waals surface area contributed by atoms with Crippen LogP contribution in [0.25, 0.3) is 22.2 Å². The first kappa shape index (κ1) is 45.6. The molecule has 0 aliphatic carbocycles. The lowest BCUT2D eigenvalue weighted by molar-refractivity contribution is -0.0606. The topological polar surface area (TPSA) is 236 Å². The van der Waals surface area contributed by atoms with E-state index >= 15 is 0 Å². The number of rotatable bonds is 6. The normalized spacial score (nSPS) is 33.1. The highest BCUT2D eigenvalue weighted by molar-refractivity contribution is 8.44. The van der Waals surface area contributed by atoms with Crippen molar-refractivity contribution in [2.24, 2.45) is 0 Å². The minimum Gasteiger partial charge on any atom is -0.408 e. The highest BCUT2D eigenvalue weighted by Gasteiger charge is 2.57. The summed E-state index contributed by atoms with van der Waals surface area (Å²) in [5, 5.41) is 8.65. The molecule has 3 fully saturated rings. The molecule has 8 heterocycles. The molecule has 0 spiro atoms. The number of hydrogen-bond acceptors (Lipinski definition) is 18. The van der Waals surface area contributed by atoms with E-state index < -0.39 is 85.8 Å². The van der Waals surface area contributed by atoms with Crippen LogP contribution in [0.5, 0.6) is 0 Å². The van der Waals surface area contributed by atoms with Gasteiger partial charge in [0.05, 0.1) is 30.6 Å². The zero-order chi connectivity index (χ0) is 44.1. The van der Waals surface area contributed by atoms with E-state index in [2.05, 4.69) is 110 Å². The van der Waals surface area contributed by atoms with Crippen LogP contribution in [0.1, 0.15) is 66.1 Å². The monoisotopic (exact) mass is 958 g/mol. The van der Waals surface area contributed by atoms with Crippen molar-refractivity contribution >= 4 is 88.0 Å². The van der Waals surface area contributed by atoms with Gasteiger partial charge >= 0.3 is 13.5 Å². The molecule has 2 unspecified atom stereocenters. The van der Waals surface area contributed by atoms with Crippen LogP contribution in [0, 0.1) is 0 Å². The van der Waals surface area contributed by atoms with E-state index in [1.807, 2.05) is 0 Å². The largest absolute Gasteiger partial charge is 0.408 e. The molecule has 0 radical (unpaired) electrons. The molecule has 336 valence electrons. The number of anilines is 2. The number of nitrogens with one attached hydrogen (secondary N) is 1. The van der Waals surface area contributed by atoms with Crippen molar-refractivity contribution in [3.05, 3.63) is 24.7 Å². The SMILES string of the molecule is CC(C)(C)[Si](C)(C)O[C@@H]1[C@@H]2OP(O)(=S)OC[C@H]3O[C@@H](n4cnc5c(N)ncnc54)[C@H](OP(=O)(S)OC[C@H]2O[C@H]1n1nc2c4c(ncnc41)NCCC2)[C@@H]3O[Si](C)(C)C(C)(C)C. The predicted molar refractivity (Wildman–Crippen MR) is 239 cm³/mol. The van der Waals surface area contributed by atoms with Crippen LogP contribution in [0.4, 0.5) is 11.6 Å². The third kappa shape index (κ3) is 8.77. The van der Waals surface area contributed by atoms with Gasteiger partial charge in [-0.2, -0.15) is 5.10 Å². The summed E-state index contributed by atoms with van der Waals surface area (Å²) in [5.74, 6) is 0.827. The molecule has 0 aromatic carbocycles. The number of ether oxygens (including phenoxy) is 2. The average Bonchev–Trinajstić information content (AvgIpc) is 3.87. The number of hydrogen-bond donors (Lipinski definition) is 4. The molecular weight excluding hydrogens is 903 g/mol. The second-order valence-electron chi connectivity index (χ2n) is 18.9. The summed E-state index contributed by atoms with van der Waals surface area (Å²) < 4.78 is 70.9.